The molecule has 7 heteroatoms. The number of halogens is 1. The lowest BCUT2D eigenvalue weighted by Gasteiger charge is -2.04. The van der Waals surface area contributed by atoms with E-state index in [1.165, 1.54) is 24.3 Å². The number of ether oxygens (including phenoxy) is 1. The summed E-state index contributed by atoms with van der Waals surface area (Å²) in [6, 6.07) is 13.3. The number of carbonyl (C=O) groups excluding carboxylic acids is 1. The molecule has 0 atom stereocenters. The molecule has 132 valence electrons. The van der Waals surface area contributed by atoms with Crippen molar-refractivity contribution in [2.45, 2.75) is 6.92 Å². The number of aromatic amines is 1. The zero-order valence-corrected chi connectivity index (χ0v) is 13.9. The van der Waals surface area contributed by atoms with Crippen LogP contribution in [-0.2, 0) is 4.74 Å². The highest BCUT2D eigenvalue weighted by molar-refractivity contribution is 5.98. The van der Waals surface area contributed by atoms with Crippen LogP contribution in [0.5, 0.6) is 0 Å². The van der Waals surface area contributed by atoms with Crippen molar-refractivity contribution in [2.75, 3.05) is 6.61 Å². The quantitative estimate of drug-likeness (QED) is 0.413. The molecule has 0 saturated heterocycles. The second kappa shape index (κ2) is 7.18. The van der Waals surface area contributed by atoms with Crippen LogP contribution in [0.3, 0.4) is 0 Å². The largest absolute Gasteiger partial charge is 0.462 e. The van der Waals surface area contributed by atoms with Crippen LogP contribution in [0, 0.1) is 15.9 Å². The van der Waals surface area contributed by atoms with E-state index in [0.717, 1.165) is 0 Å². The Morgan fingerprint density at radius 2 is 1.73 bits per heavy atom. The minimum absolute atomic E-state index is 0.0447. The van der Waals surface area contributed by atoms with Crippen molar-refractivity contribution >= 4 is 11.7 Å². The predicted octanol–water partition coefficient (Wildman–Crippen LogP) is 4.57. The fraction of sp³-hybridized carbons (Fsp3) is 0.105. The third kappa shape index (κ3) is 3.46. The maximum Gasteiger partial charge on any atom is 0.340 e. The topological polar surface area (TPSA) is 85.2 Å². The van der Waals surface area contributed by atoms with Gasteiger partial charge in [0.25, 0.3) is 5.69 Å². The summed E-state index contributed by atoms with van der Waals surface area (Å²) in [5, 5.41) is 10.8. The second-order valence-electron chi connectivity index (χ2n) is 5.50. The Kier molecular flexibility index (Phi) is 4.79. The van der Waals surface area contributed by atoms with Gasteiger partial charge in [-0.15, -0.1) is 0 Å². The molecule has 2 aromatic carbocycles. The highest BCUT2D eigenvalue weighted by Crippen LogP contribution is 2.30. The number of nitrogens with one attached hydrogen (secondary N) is 1. The zero-order valence-electron chi connectivity index (χ0n) is 13.9. The highest BCUT2D eigenvalue weighted by atomic mass is 19.1. The van der Waals surface area contributed by atoms with Crippen molar-refractivity contribution in [2.24, 2.45) is 0 Å². The SMILES string of the molecule is CCOC(=O)c1cc(-c2ccc(F)cc2)[nH]c1-c1ccc([N+](=O)[O-])cc1. The minimum atomic E-state index is -0.509. The van der Waals surface area contributed by atoms with Crippen molar-refractivity contribution in [1.29, 1.82) is 0 Å². The number of H-pyrrole nitrogens is 1. The van der Waals surface area contributed by atoms with Gasteiger partial charge < -0.3 is 9.72 Å². The van der Waals surface area contributed by atoms with E-state index in [2.05, 4.69) is 4.98 Å². The van der Waals surface area contributed by atoms with E-state index in [9.17, 15) is 19.3 Å². The molecule has 1 heterocycles. The first kappa shape index (κ1) is 17.3. The van der Waals surface area contributed by atoms with Gasteiger partial charge in [0.05, 0.1) is 22.8 Å². The summed E-state index contributed by atoms with van der Waals surface area (Å²) in [6.07, 6.45) is 0. The number of non-ortho nitro benzene ring substituents is 1. The van der Waals surface area contributed by atoms with E-state index in [1.54, 1.807) is 37.3 Å². The Hall–Kier alpha value is -3.48. The van der Waals surface area contributed by atoms with Crippen LogP contribution in [0.15, 0.2) is 54.6 Å². The van der Waals surface area contributed by atoms with E-state index in [-0.39, 0.29) is 18.1 Å². The van der Waals surface area contributed by atoms with Gasteiger partial charge in [-0.1, -0.05) is 0 Å². The molecule has 26 heavy (non-hydrogen) atoms. The molecule has 3 rings (SSSR count). The molecule has 0 aliphatic carbocycles. The van der Waals surface area contributed by atoms with E-state index in [4.69, 9.17) is 4.74 Å². The lowest BCUT2D eigenvalue weighted by Crippen LogP contribution is -2.04. The number of nitro benzene ring substituents is 1. The second-order valence-corrected chi connectivity index (χ2v) is 5.50. The van der Waals surface area contributed by atoms with Crippen LogP contribution in [0.25, 0.3) is 22.5 Å². The number of esters is 1. The third-order valence-corrected chi connectivity index (χ3v) is 3.84. The molecule has 0 unspecified atom stereocenters. The molecular weight excluding hydrogens is 339 g/mol. The van der Waals surface area contributed by atoms with Crippen LogP contribution in [-0.4, -0.2) is 22.5 Å². The molecule has 0 aliphatic heterocycles. The molecule has 6 nitrogen and oxygen atoms in total. The number of benzene rings is 2. The fourth-order valence-corrected chi connectivity index (χ4v) is 2.59. The van der Waals surface area contributed by atoms with E-state index in [0.29, 0.717) is 28.1 Å². The van der Waals surface area contributed by atoms with Crippen molar-refractivity contribution in [1.82, 2.24) is 4.98 Å². The van der Waals surface area contributed by atoms with Crippen LogP contribution in [0.1, 0.15) is 17.3 Å². The number of carbonyl (C=O) groups is 1. The first-order valence-electron chi connectivity index (χ1n) is 7.90. The zero-order chi connectivity index (χ0) is 18.7. The first-order chi connectivity index (χ1) is 12.5. The molecule has 1 aromatic heterocycles. The van der Waals surface area contributed by atoms with Gasteiger partial charge in [-0.25, -0.2) is 9.18 Å². The molecule has 0 amide bonds. The van der Waals surface area contributed by atoms with Crippen molar-refractivity contribution in [3.63, 3.8) is 0 Å². The maximum absolute atomic E-state index is 13.1. The minimum Gasteiger partial charge on any atom is -0.462 e. The summed E-state index contributed by atoms with van der Waals surface area (Å²) in [5.41, 5.74) is 2.66. The Bertz CT molecular complexity index is 947. The summed E-state index contributed by atoms with van der Waals surface area (Å²) in [4.78, 5) is 25.8. The molecule has 1 N–H and O–H groups in total. The Labute approximate surface area is 148 Å². The van der Waals surface area contributed by atoms with Crippen LogP contribution >= 0.6 is 0 Å². The normalized spacial score (nSPS) is 10.5. The van der Waals surface area contributed by atoms with Gasteiger partial charge in [0.1, 0.15) is 5.82 Å². The van der Waals surface area contributed by atoms with Crippen LogP contribution in [0.2, 0.25) is 0 Å². The molecule has 0 spiro atoms. The molecule has 0 bridgehead atoms. The third-order valence-electron chi connectivity index (χ3n) is 3.84. The maximum atomic E-state index is 13.1. The average Bonchev–Trinajstić information content (AvgIpc) is 3.08. The Balaban J connectivity index is 2.08. The number of nitro groups is 1. The van der Waals surface area contributed by atoms with E-state index in [1.807, 2.05) is 0 Å². The Morgan fingerprint density at radius 1 is 1.12 bits per heavy atom. The number of aromatic nitrogens is 1. The average molecular weight is 354 g/mol. The highest BCUT2D eigenvalue weighted by Gasteiger charge is 2.19. The Morgan fingerprint density at radius 3 is 2.31 bits per heavy atom. The van der Waals surface area contributed by atoms with Crippen LogP contribution < -0.4 is 0 Å². The van der Waals surface area contributed by atoms with Gasteiger partial charge in [-0.2, -0.15) is 0 Å². The summed E-state index contributed by atoms with van der Waals surface area (Å²) >= 11 is 0. The van der Waals surface area contributed by atoms with Gasteiger partial charge in [0.15, 0.2) is 0 Å². The van der Waals surface area contributed by atoms with E-state index < -0.39 is 10.9 Å². The van der Waals surface area contributed by atoms with Gasteiger partial charge >= 0.3 is 5.97 Å². The van der Waals surface area contributed by atoms with Gasteiger partial charge in [0, 0.05) is 17.8 Å². The molecular formula is C19H15FN2O4. The lowest BCUT2D eigenvalue weighted by atomic mass is 10.1. The van der Waals surface area contributed by atoms with Gasteiger partial charge in [-0.3, -0.25) is 10.1 Å². The number of hydrogen-bond acceptors (Lipinski definition) is 4. The predicted molar refractivity (Wildman–Crippen MR) is 94.2 cm³/mol. The number of hydrogen-bond donors (Lipinski definition) is 1. The first-order valence-corrected chi connectivity index (χ1v) is 7.90. The fourth-order valence-electron chi connectivity index (χ4n) is 2.59. The van der Waals surface area contributed by atoms with Crippen molar-refractivity contribution < 1.29 is 18.8 Å². The van der Waals surface area contributed by atoms with Gasteiger partial charge in [0.2, 0.25) is 0 Å². The van der Waals surface area contributed by atoms with E-state index >= 15 is 0 Å². The monoisotopic (exact) mass is 354 g/mol. The standard InChI is InChI=1S/C19H15FN2O4/c1-2-26-19(23)16-11-17(12-3-7-14(20)8-4-12)21-18(16)13-5-9-15(10-6-13)22(24)25/h3-11,21H,2H2,1H3. The van der Waals surface area contributed by atoms with Crippen molar-refractivity contribution in [3.8, 4) is 22.5 Å². The smallest absolute Gasteiger partial charge is 0.340 e. The molecule has 0 radical (unpaired) electrons. The summed E-state index contributed by atoms with van der Waals surface area (Å²) in [7, 11) is 0. The number of nitrogens with zero attached hydrogens (tertiary/aromatic N) is 1. The number of rotatable bonds is 5. The van der Waals surface area contributed by atoms with Crippen LogP contribution in [0.4, 0.5) is 10.1 Å². The van der Waals surface area contributed by atoms with Gasteiger partial charge in [-0.05, 0) is 60.5 Å². The molecule has 3 aromatic rings. The molecule has 0 aliphatic rings. The summed E-state index contributed by atoms with van der Waals surface area (Å²) < 4.78 is 18.2. The summed E-state index contributed by atoms with van der Waals surface area (Å²) in [6.45, 7) is 1.92. The molecule has 0 fully saturated rings. The summed E-state index contributed by atoms with van der Waals surface area (Å²) in [5.74, 6) is -0.869. The lowest BCUT2D eigenvalue weighted by molar-refractivity contribution is -0.384. The van der Waals surface area contributed by atoms with Crippen molar-refractivity contribution in [3.05, 3.63) is 76.1 Å². The molecule has 0 saturated carbocycles.